The van der Waals surface area contributed by atoms with Crippen LogP contribution in [0.15, 0.2) is 23.0 Å². The largest absolute Gasteiger partial charge is 0.398 e. The van der Waals surface area contributed by atoms with Crippen LogP contribution in [-0.4, -0.2) is 21.1 Å². The third-order valence-electron chi connectivity index (χ3n) is 3.34. The van der Waals surface area contributed by atoms with E-state index >= 15 is 0 Å². The lowest BCUT2D eigenvalue weighted by molar-refractivity contribution is -0.132. The lowest BCUT2D eigenvalue weighted by atomic mass is 9.92. The minimum Gasteiger partial charge on any atom is -0.398 e. The Morgan fingerprint density at radius 3 is 3.10 bits per heavy atom. The van der Waals surface area contributed by atoms with Gasteiger partial charge in [0, 0.05) is 17.6 Å². The van der Waals surface area contributed by atoms with Gasteiger partial charge in [-0.1, -0.05) is 6.07 Å². The summed E-state index contributed by atoms with van der Waals surface area (Å²) in [5.74, 6) is -1.84. The lowest BCUT2D eigenvalue weighted by Gasteiger charge is -2.24. The second-order valence-electron chi connectivity index (χ2n) is 4.71. The van der Waals surface area contributed by atoms with Crippen molar-refractivity contribution in [2.45, 2.75) is 32.1 Å². The van der Waals surface area contributed by atoms with Crippen LogP contribution >= 0.6 is 0 Å². The molecule has 1 saturated carbocycles. The standard InChI is InChI=1S/C15H15N3O3/c1-8-17-11-4-2-3-10(16)14(11)15(21)18(8)12-6-5-9(19)7-13(12)20/h2-4,12H,5-7,16H2,1H3/i1D2,3D,5D,6D. The third kappa shape index (κ3) is 2.12. The van der Waals surface area contributed by atoms with Crippen molar-refractivity contribution in [1.82, 2.24) is 9.55 Å². The van der Waals surface area contributed by atoms with Gasteiger partial charge in [0.1, 0.15) is 11.6 Å². The third-order valence-corrected chi connectivity index (χ3v) is 3.34. The molecule has 1 heterocycles. The van der Waals surface area contributed by atoms with Gasteiger partial charge in [-0.15, -0.1) is 0 Å². The van der Waals surface area contributed by atoms with E-state index in [2.05, 4.69) is 4.98 Å². The lowest BCUT2D eigenvalue weighted by Crippen LogP contribution is -2.36. The first-order chi connectivity index (χ1) is 12.1. The number of rotatable bonds is 1. The molecule has 1 aliphatic rings. The normalized spacial score (nSPS) is 29.8. The molecule has 1 aromatic carbocycles. The van der Waals surface area contributed by atoms with Gasteiger partial charge in [0.2, 0.25) is 0 Å². The van der Waals surface area contributed by atoms with Crippen molar-refractivity contribution >= 4 is 28.2 Å². The molecule has 0 saturated heterocycles. The zero-order valence-electron chi connectivity index (χ0n) is 15.9. The summed E-state index contributed by atoms with van der Waals surface area (Å²) in [6.07, 6.45) is -3.70. The average Bonchev–Trinajstić information content (AvgIpc) is 2.57. The summed E-state index contributed by atoms with van der Waals surface area (Å²) < 4.78 is 39.6. The Bertz CT molecular complexity index is 991. The molecule has 0 spiro atoms. The fraction of sp³-hybridized carbons (Fsp3) is 0.333. The Labute approximate surface area is 127 Å². The molecule has 1 aromatic heterocycles. The summed E-state index contributed by atoms with van der Waals surface area (Å²) in [7, 11) is 0. The van der Waals surface area contributed by atoms with E-state index in [4.69, 9.17) is 12.6 Å². The van der Waals surface area contributed by atoms with Crippen molar-refractivity contribution in [3.63, 3.8) is 0 Å². The molecule has 21 heavy (non-hydrogen) atoms. The van der Waals surface area contributed by atoms with Gasteiger partial charge in [0.15, 0.2) is 5.78 Å². The molecule has 3 atom stereocenters. The van der Waals surface area contributed by atoms with Crippen molar-refractivity contribution < 1.29 is 16.4 Å². The first-order valence-electron chi connectivity index (χ1n) is 9.01. The minimum absolute atomic E-state index is 0.0718. The summed E-state index contributed by atoms with van der Waals surface area (Å²) in [6.45, 7) is -1.74. The first-order valence-corrected chi connectivity index (χ1v) is 6.20. The maximum atomic E-state index is 13.0. The minimum atomic E-state index is -1.74. The topological polar surface area (TPSA) is 95.0 Å². The molecule has 108 valence electrons. The molecule has 0 bridgehead atoms. The first kappa shape index (κ1) is 8.71. The van der Waals surface area contributed by atoms with Crippen LogP contribution in [0.25, 0.3) is 10.9 Å². The molecule has 3 unspecified atom stereocenters. The summed E-state index contributed by atoms with van der Waals surface area (Å²) >= 11 is 0. The number of carbonyl (C=O) groups excluding carboxylic acids is 2. The summed E-state index contributed by atoms with van der Waals surface area (Å²) in [4.78, 5) is 41.1. The predicted molar refractivity (Wildman–Crippen MR) is 78.1 cm³/mol. The van der Waals surface area contributed by atoms with Crippen molar-refractivity contribution in [2.24, 2.45) is 0 Å². The van der Waals surface area contributed by atoms with Crippen LogP contribution in [0.3, 0.4) is 0 Å². The van der Waals surface area contributed by atoms with Gasteiger partial charge < -0.3 is 5.73 Å². The van der Waals surface area contributed by atoms with Crippen molar-refractivity contribution in [2.75, 3.05) is 5.73 Å². The highest BCUT2D eigenvalue weighted by molar-refractivity contribution is 6.03. The maximum Gasteiger partial charge on any atom is 0.264 e. The highest BCUT2D eigenvalue weighted by Gasteiger charge is 2.30. The van der Waals surface area contributed by atoms with E-state index < -0.39 is 49.3 Å². The van der Waals surface area contributed by atoms with E-state index in [1.807, 2.05) is 0 Å². The predicted octanol–water partition coefficient (Wildman–Crippen LogP) is 1.15. The smallest absolute Gasteiger partial charge is 0.264 e. The Kier molecular flexibility index (Phi) is 1.99. The number of benzene rings is 1. The Balaban J connectivity index is 2.37. The monoisotopic (exact) mass is 290 g/mol. The molecule has 2 aromatic rings. The molecule has 0 radical (unpaired) electrons. The zero-order chi connectivity index (χ0) is 19.3. The zero-order valence-corrected chi connectivity index (χ0v) is 10.9. The number of nitrogens with two attached hydrogens (primary N) is 1. The van der Waals surface area contributed by atoms with Crippen LogP contribution in [0.4, 0.5) is 5.69 Å². The Morgan fingerprint density at radius 1 is 1.52 bits per heavy atom. The van der Waals surface area contributed by atoms with Crippen molar-refractivity contribution in [1.29, 1.82) is 0 Å². The fourth-order valence-electron chi connectivity index (χ4n) is 2.36. The number of carbonyl (C=O) groups is 2. The number of Topliss-reactive ketones (excluding diaryl/α,β-unsaturated/α-hetero) is 2. The number of anilines is 1. The SMILES string of the molecule is [2H]c1ccc2nc(C([2H])[2H])n(C3C(=O)CC(=O)C([2H])C3[2H])c(=O)c2c1N. The van der Waals surface area contributed by atoms with E-state index in [0.29, 0.717) is 0 Å². The average molecular weight is 290 g/mol. The number of hydrogen-bond donors (Lipinski definition) is 1. The van der Waals surface area contributed by atoms with Gasteiger partial charge in [-0.05, 0) is 25.4 Å². The molecule has 6 heteroatoms. The molecule has 1 aliphatic carbocycles. The summed E-state index contributed by atoms with van der Waals surface area (Å²) in [6, 6.07) is 1.03. The number of nitrogens with zero attached hydrogens (tertiary/aromatic N) is 2. The number of fused-ring (bicyclic) bond motifs is 1. The Morgan fingerprint density at radius 2 is 2.33 bits per heavy atom. The van der Waals surface area contributed by atoms with Gasteiger partial charge in [-0.25, -0.2) is 4.98 Å². The van der Waals surface area contributed by atoms with E-state index in [9.17, 15) is 14.4 Å². The van der Waals surface area contributed by atoms with E-state index in [0.717, 1.165) is 4.57 Å². The van der Waals surface area contributed by atoms with Crippen LogP contribution in [0.2, 0.25) is 0 Å². The van der Waals surface area contributed by atoms with Crippen molar-refractivity contribution in [3.8, 4) is 0 Å². The molecular weight excluding hydrogens is 270 g/mol. The maximum absolute atomic E-state index is 13.0. The summed E-state index contributed by atoms with van der Waals surface area (Å²) in [5, 5.41) is -0.152. The Hall–Kier alpha value is -2.50. The summed E-state index contributed by atoms with van der Waals surface area (Å²) in [5.41, 5.74) is 4.84. The molecule has 1 fully saturated rings. The number of nitrogen functional groups attached to an aromatic ring is 1. The van der Waals surface area contributed by atoms with Crippen LogP contribution in [0, 0.1) is 6.88 Å². The second kappa shape index (κ2) is 4.80. The van der Waals surface area contributed by atoms with E-state index in [-0.39, 0.29) is 28.5 Å². The molecule has 3 rings (SSSR count). The number of aromatic nitrogens is 2. The van der Waals surface area contributed by atoms with Gasteiger partial charge in [0.25, 0.3) is 5.56 Å². The van der Waals surface area contributed by atoms with Crippen LogP contribution in [0.1, 0.15) is 37.9 Å². The number of ketones is 2. The van der Waals surface area contributed by atoms with Gasteiger partial charge >= 0.3 is 0 Å². The molecular formula is C15H15N3O3. The molecule has 0 amide bonds. The van der Waals surface area contributed by atoms with Gasteiger partial charge in [-0.3, -0.25) is 19.0 Å². The highest BCUT2D eigenvalue weighted by Crippen LogP contribution is 2.24. The van der Waals surface area contributed by atoms with Gasteiger partial charge in [-0.2, -0.15) is 0 Å². The fourth-order valence-corrected chi connectivity index (χ4v) is 2.36. The van der Waals surface area contributed by atoms with Crippen LogP contribution < -0.4 is 11.3 Å². The van der Waals surface area contributed by atoms with E-state index in [1.165, 1.54) is 12.1 Å². The molecule has 0 aliphatic heterocycles. The van der Waals surface area contributed by atoms with Crippen molar-refractivity contribution in [3.05, 3.63) is 34.4 Å². The van der Waals surface area contributed by atoms with E-state index in [1.54, 1.807) is 0 Å². The molecule has 2 N–H and O–H groups in total. The second-order valence-corrected chi connectivity index (χ2v) is 4.71. The van der Waals surface area contributed by atoms with Crippen LogP contribution in [-0.2, 0) is 9.59 Å². The molecule has 6 nitrogen and oxygen atoms in total. The van der Waals surface area contributed by atoms with Gasteiger partial charge in [0.05, 0.1) is 24.7 Å². The quantitative estimate of drug-likeness (QED) is 0.628. The highest BCUT2D eigenvalue weighted by atomic mass is 16.2. The number of aryl methyl sites for hydroxylation is 1. The van der Waals surface area contributed by atoms with Crippen LogP contribution in [0.5, 0.6) is 0 Å². The number of hydrogen-bond acceptors (Lipinski definition) is 5.